The van der Waals surface area contributed by atoms with Gasteiger partial charge in [-0.15, -0.1) is 0 Å². The van der Waals surface area contributed by atoms with Crippen LogP contribution < -0.4 is 4.74 Å². The van der Waals surface area contributed by atoms with Gasteiger partial charge in [-0.25, -0.2) is 0 Å². The van der Waals surface area contributed by atoms with Crippen molar-refractivity contribution < 1.29 is 14.3 Å². The number of carbonyl (C=O) groups excluding carboxylic acids is 2. The van der Waals surface area contributed by atoms with E-state index in [2.05, 4.69) is 0 Å². The minimum atomic E-state index is -0.266. The van der Waals surface area contributed by atoms with Crippen LogP contribution >= 0.6 is 11.8 Å². The first kappa shape index (κ1) is 17.1. The van der Waals surface area contributed by atoms with E-state index in [-0.39, 0.29) is 17.9 Å². The molecule has 0 N–H and O–H groups in total. The summed E-state index contributed by atoms with van der Waals surface area (Å²) < 4.78 is 5.60. The van der Waals surface area contributed by atoms with Crippen molar-refractivity contribution in [1.29, 1.82) is 0 Å². The fraction of sp³-hybridized carbons (Fsp3) is 0.556. The maximum absolute atomic E-state index is 12.7. The number of rotatable bonds is 5. The van der Waals surface area contributed by atoms with Gasteiger partial charge in [0.2, 0.25) is 11.8 Å². The van der Waals surface area contributed by atoms with Crippen molar-refractivity contribution in [2.24, 2.45) is 0 Å². The van der Waals surface area contributed by atoms with Crippen LogP contribution in [0.4, 0.5) is 0 Å². The van der Waals surface area contributed by atoms with Crippen molar-refractivity contribution in [3.8, 4) is 5.75 Å². The molecule has 0 aromatic heterocycles. The van der Waals surface area contributed by atoms with Gasteiger partial charge in [0.15, 0.2) is 0 Å². The summed E-state index contributed by atoms with van der Waals surface area (Å²) >= 11 is 1.88. The maximum atomic E-state index is 12.7. The second-order valence-electron chi connectivity index (χ2n) is 6.09. The molecule has 130 valence electrons. The molecule has 2 saturated heterocycles. The Bertz CT molecular complexity index is 561. The van der Waals surface area contributed by atoms with Gasteiger partial charge in [-0.3, -0.25) is 9.59 Å². The number of thioether (sulfide) groups is 1. The standard InChI is InChI=1S/C18H24N2O3S/c21-17(8-12-23-15-5-2-1-3-6-15)20-9-4-7-16(20)18(22)19-10-13-24-14-11-19/h1-3,5-6,16H,4,7-14H2. The van der Waals surface area contributed by atoms with Gasteiger partial charge in [0, 0.05) is 31.1 Å². The number of likely N-dealkylation sites (tertiary alicyclic amines) is 1. The number of hydrogen-bond acceptors (Lipinski definition) is 4. The summed E-state index contributed by atoms with van der Waals surface area (Å²) in [5.74, 6) is 2.91. The van der Waals surface area contributed by atoms with E-state index in [1.165, 1.54) is 0 Å². The summed E-state index contributed by atoms with van der Waals surface area (Å²) in [6.07, 6.45) is 2.01. The first-order chi connectivity index (χ1) is 11.8. The molecule has 1 aromatic rings. The molecular weight excluding hydrogens is 324 g/mol. The number of nitrogens with zero attached hydrogens (tertiary/aromatic N) is 2. The van der Waals surface area contributed by atoms with Gasteiger partial charge in [-0.1, -0.05) is 18.2 Å². The molecule has 2 heterocycles. The zero-order valence-corrected chi connectivity index (χ0v) is 14.7. The van der Waals surface area contributed by atoms with Gasteiger partial charge < -0.3 is 14.5 Å². The third kappa shape index (κ3) is 4.23. The van der Waals surface area contributed by atoms with Crippen molar-refractivity contribution in [1.82, 2.24) is 9.80 Å². The molecule has 0 radical (unpaired) electrons. The Balaban J connectivity index is 1.50. The molecule has 0 spiro atoms. The van der Waals surface area contributed by atoms with E-state index in [9.17, 15) is 9.59 Å². The fourth-order valence-electron chi connectivity index (χ4n) is 3.23. The Morgan fingerprint density at radius 1 is 1.12 bits per heavy atom. The number of hydrogen-bond donors (Lipinski definition) is 0. The number of ether oxygens (including phenoxy) is 1. The summed E-state index contributed by atoms with van der Waals surface area (Å²) in [6.45, 7) is 2.64. The van der Waals surface area contributed by atoms with E-state index in [0.717, 1.165) is 43.2 Å². The molecule has 2 aliphatic heterocycles. The molecule has 24 heavy (non-hydrogen) atoms. The van der Waals surface area contributed by atoms with Gasteiger partial charge in [-0.05, 0) is 25.0 Å². The van der Waals surface area contributed by atoms with E-state index in [4.69, 9.17) is 4.74 Å². The molecule has 2 amide bonds. The van der Waals surface area contributed by atoms with E-state index in [0.29, 0.717) is 19.6 Å². The molecule has 3 rings (SSSR count). The quantitative estimate of drug-likeness (QED) is 0.817. The Hall–Kier alpha value is -1.69. The lowest BCUT2D eigenvalue weighted by molar-refractivity contribution is -0.143. The molecular formula is C18H24N2O3S. The smallest absolute Gasteiger partial charge is 0.245 e. The Morgan fingerprint density at radius 2 is 1.88 bits per heavy atom. The molecule has 5 nitrogen and oxygen atoms in total. The van der Waals surface area contributed by atoms with E-state index < -0.39 is 0 Å². The van der Waals surface area contributed by atoms with Crippen LogP contribution in [0.1, 0.15) is 19.3 Å². The highest BCUT2D eigenvalue weighted by atomic mass is 32.2. The normalized spacial score (nSPS) is 20.9. The highest BCUT2D eigenvalue weighted by Gasteiger charge is 2.36. The first-order valence-corrected chi connectivity index (χ1v) is 9.75. The number of para-hydroxylation sites is 1. The SMILES string of the molecule is O=C(C1CCCN1C(=O)CCOc1ccccc1)N1CCSCC1. The van der Waals surface area contributed by atoms with Gasteiger partial charge in [-0.2, -0.15) is 11.8 Å². The molecule has 2 fully saturated rings. The van der Waals surface area contributed by atoms with Crippen LogP contribution in [-0.2, 0) is 9.59 Å². The van der Waals surface area contributed by atoms with E-state index in [1.54, 1.807) is 4.90 Å². The molecule has 6 heteroatoms. The van der Waals surface area contributed by atoms with Crippen LogP contribution in [0.2, 0.25) is 0 Å². The summed E-state index contributed by atoms with van der Waals surface area (Å²) in [7, 11) is 0. The molecule has 0 bridgehead atoms. The van der Waals surface area contributed by atoms with Crippen LogP contribution in [0.5, 0.6) is 5.75 Å². The van der Waals surface area contributed by atoms with Gasteiger partial charge in [0.25, 0.3) is 0 Å². The van der Waals surface area contributed by atoms with Gasteiger partial charge in [0.1, 0.15) is 11.8 Å². The molecule has 1 unspecified atom stereocenters. The Labute approximate surface area is 147 Å². The second-order valence-corrected chi connectivity index (χ2v) is 7.32. The van der Waals surface area contributed by atoms with E-state index >= 15 is 0 Å². The summed E-state index contributed by atoms with van der Waals surface area (Å²) in [6, 6.07) is 9.23. The first-order valence-electron chi connectivity index (χ1n) is 8.59. The fourth-order valence-corrected chi connectivity index (χ4v) is 4.14. The molecule has 0 aliphatic carbocycles. The summed E-state index contributed by atoms with van der Waals surface area (Å²) in [4.78, 5) is 28.9. The third-order valence-electron chi connectivity index (χ3n) is 4.51. The van der Waals surface area contributed by atoms with Crippen molar-refractivity contribution in [2.45, 2.75) is 25.3 Å². The molecule has 2 aliphatic rings. The van der Waals surface area contributed by atoms with Crippen LogP contribution in [-0.4, -0.2) is 65.4 Å². The maximum Gasteiger partial charge on any atom is 0.245 e. The lowest BCUT2D eigenvalue weighted by Gasteiger charge is -2.32. The number of benzene rings is 1. The van der Waals surface area contributed by atoms with Crippen LogP contribution in [0.3, 0.4) is 0 Å². The van der Waals surface area contributed by atoms with Crippen molar-refractivity contribution >= 4 is 23.6 Å². The lowest BCUT2D eigenvalue weighted by Crippen LogP contribution is -2.50. The topological polar surface area (TPSA) is 49.9 Å². The minimum absolute atomic E-state index is 0.0214. The minimum Gasteiger partial charge on any atom is -0.493 e. The zero-order chi connectivity index (χ0) is 16.8. The predicted molar refractivity (Wildman–Crippen MR) is 95.2 cm³/mol. The van der Waals surface area contributed by atoms with Crippen LogP contribution in [0.15, 0.2) is 30.3 Å². The average Bonchev–Trinajstić information content (AvgIpc) is 3.12. The third-order valence-corrected chi connectivity index (χ3v) is 5.45. The molecule has 1 aromatic carbocycles. The van der Waals surface area contributed by atoms with Crippen LogP contribution in [0.25, 0.3) is 0 Å². The van der Waals surface area contributed by atoms with Crippen molar-refractivity contribution in [3.05, 3.63) is 30.3 Å². The van der Waals surface area contributed by atoms with Crippen LogP contribution in [0, 0.1) is 0 Å². The Morgan fingerprint density at radius 3 is 2.62 bits per heavy atom. The second kappa shape index (κ2) is 8.42. The average molecular weight is 348 g/mol. The summed E-state index contributed by atoms with van der Waals surface area (Å²) in [5, 5.41) is 0. The van der Waals surface area contributed by atoms with Gasteiger partial charge in [0.05, 0.1) is 13.0 Å². The largest absolute Gasteiger partial charge is 0.493 e. The van der Waals surface area contributed by atoms with Gasteiger partial charge >= 0.3 is 0 Å². The monoisotopic (exact) mass is 348 g/mol. The predicted octanol–water partition coefficient (Wildman–Crippen LogP) is 2.02. The van der Waals surface area contributed by atoms with Crippen molar-refractivity contribution in [2.75, 3.05) is 37.7 Å². The zero-order valence-electron chi connectivity index (χ0n) is 13.9. The number of carbonyl (C=O) groups is 2. The number of amides is 2. The molecule has 1 atom stereocenters. The summed E-state index contributed by atoms with van der Waals surface area (Å²) in [5.41, 5.74) is 0. The van der Waals surface area contributed by atoms with E-state index in [1.807, 2.05) is 47.0 Å². The Kier molecular flexibility index (Phi) is 6.01. The van der Waals surface area contributed by atoms with Crippen molar-refractivity contribution in [3.63, 3.8) is 0 Å². The highest BCUT2D eigenvalue weighted by molar-refractivity contribution is 7.99. The molecule has 0 saturated carbocycles. The lowest BCUT2D eigenvalue weighted by atomic mass is 10.2. The highest BCUT2D eigenvalue weighted by Crippen LogP contribution is 2.22.